The molecule has 0 aliphatic carbocycles. The number of thioether (sulfide) groups is 1. The molecule has 5 nitrogen and oxygen atoms in total. The lowest BCUT2D eigenvalue weighted by Crippen LogP contribution is -2.47. The fourth-order valence-corrected chi connectivity index (χ4v) is 1.74. The van der Waals surface area contributed by atoms with E-state index in [2.05, 4.69) is 5.32 Å². The van der Waals surface area contributed by atoms with Crippen LogP contribution in [0, 0.1) is 0 Å². The second kappa shape index (κ2) is 9.15. The summed E-state index contributed by atoms with van der Waals surface area (Å²) in [6.45, 7) is 4.13. The SMILES string of the molecule is CCC(C)N(CC(=O)O)C(=O)NCCCSC. The maximum Gasteiger partial charge on any atom is 0.323 e. The van der Waals surface area contributed by atoms with Crippen LogP contribution >= 0.6 is 11.8 Å². The van der Waals surface area contributed by atoms with Crippen LogP contribution in [0.3, 0.4) is 0 Å². The number of carbonyl (C=O) groups excluding carboxylic acids is 1. The molecule has 6 heteroatoms. The predicted octanol–water partition coefficient (Wildman–Crippen LogP) is 1.63. The molecule has 1 atom stereocenters. The molecule has 0 fully saturated rings. The third-order valence-corrected chi connectivity index (χ3v) is 3.19. The fraction of sp³-hybridized carbons (Fsp3) is 0.818. The summed E-state index contributed by atoms with van der Waals surface area (Å²) in [4.78, 5) is 23.8. The minimum absolute atomic E-state index is 0.0633. The molecule has 0 heterocycles. The first-order valence-electron chi connectivity index (χ1n) is 5.78. The summed E-state index contributed by atoms with van der Waals surface area (Å²) in [6, 6.07) is -0.352. The first-order chi connectivity index (χ1) is 8.02. The Hall–Kier alpha value is -0.910. The average molecular weight is 262 g/mol. The summed E-state index contributed by atoms with van der Waals surface area (Å²) in [5.74, 6) is 0.00675. The van der Waals surface area contributed by atoms with Gasteiger partial charge in [0.1, 0.15) is 6.54 Å². The number of hydrogen-bond acceptors (Lipinski definition) is 3. The highest BCUT2D eigenvalue weighted by atomic mass is 32.2. The number of urea groups is 1. The van der Waals surface area contributed by atoms with Gasteiger partial charge in [-0.2, -0.15) is 11.8 Å². The van der Waals surface area contributed by atoms with Crippen molar-refractivity contribution in [2.45, 2.75) is 32.7 Å². The Kier molecular flexibility index (Phi) is 8.66. The maximum absolute atomic E-state index is 11.8. The minimum atomic E-state index is -0.982. The van der Waals surface area contributed by atoms with Crippen molar-refractivity contribution in [1.29, 1.82) is 0 Å². The number of amides is 2. The molecule has 1 unspecified atom stereocenters. The monoisotopic (exact) mass is 262 g/mol. The predicted molar refractivity (Wildman–Crippen MR) is 70.5 cm³/mol. The molecule has 0 bridgehead atoms. The van der Waals surface area contributed by atoms with Gasteiger partial charge >= 0.3 is 12.0 Å². The highest BCUT2D eigenvalue weighted by Gasteiger charge is 2.20. The molecule has 0 aromatic heterocycles. The number of hydrogen-bond donors (Lipinski definition) is 2. The van der Waals surface area contributed by atoms with Gasteiger partial charge in [-0.05, 0) is 31.8 Å². The lowest BCUT2D eigenvalue weighted by atomic mass is 10.2. The third kappa shape index (κ3) is 7.10. The van der Waals surface area contributed by atoms with Gasteiger partial charge < -0.3 is 15.3 Å². The smallest absolute Gasteiger partial charge is 0.323 e. The minimum Gasteiger partial charge on any atom is -0.480 e. The lowest BCUT2D eigenvalue weighted by Gasteiger charge is -2.27. The van der Waals surface area contributed by atoms with Crippen molar-refractivity contribution in [3.8, 4) is 0 Å². The number of aliphatic carboxylic acids is 1. The van der Waals surface area contributed by atoms with E-state index in [-0.39, 0.29) is 18.6 Å². The van der Waals surface area contributed by atoms with Crippen molar-refractivity contribution in [3.05, 3.63) is 0 Å². The highest BCUT2D eigenvalue weighted by molar-refractivity contribution is 7.98. The Labute approximate surface area is 107 Å². The summed E-state index contributed by atoms with van der Waals surface area (Å²) >= 11 is 1.72. The molecule has 0 aliphatic heterocycles. The number of carboxylic acid groups (broad SMARTS) is 1. The van der Waals surface area contributed by atoms with Gasteiger partial charge in [-0.3, -0.25) is 4.79 Å². The van der Waals surface area contributed by atoms with Crippen LogP contribution < -0.4 is 5.32 Å². The van der Waals surface area contributed by atoms with Gasteiger partial charge in [-0.15, -0.1) is 0 Å². The Morgan fingerprint density at radius 2 is 2.12 bits per heavy atom. The molecule has 0 aliphatic rings. The molecular formula is C11H22N2O3S. The number of carboxylic acids is 1. The van der Waals surface area contributed by atoms with Crippen molar-refractivity contribution in [2.75, 3.05) is 25.1 Å². The highest BCUT2D eigenvalue weighted by Crippen LogP contribution is 2.03. The molecule has 2 N–H and O–H groups in total. The van der Waals surface area contributed by atoms with E-state index in [1.165, 1.54) is 4.90 Å². The van der Waals surface area contributed by atoms with Crippen molar-refractivity contribution < 1.29 is 14.7 Å². The topological polar surface area (TPSA) is 69.6 Å². The molecule has 17 heavy (non-hydrogen) atoms. The summed E-state index contributed by atoms with van der Waals surface area (Å²) in [6.07, 6.45) is 3.65. The second-order valence-electron chi connectivity index (χ2n) is 3.86. The normalized spacial score (nSPS) is 11.9. The Morgan fingerprint density at radius 1 is 1.47 bits per heavy atom. The van der Waals surface area contributed by atoms with Crippen LogP contribution in [0.1, 0.15) is 26.7 Å². The number of nitrogens with one attached hydrogen (secondary N) is 1. The quantitative estimate of drug-likeness (QED) is 0.652. The van der Waals surface area contributed by atoms with E-state index in [1.807, 2.05) is 20.1 Å². The van der Waals surface area contributed by atoms with Crippen LogP contribution in [-0.2, 0) is 4.79 Å². The Balaban J connectivity index is 4.18. The van der Waals surface area contributed by atoms with Crippen molar-refractivity contribution >= 4 is 23.8 Å². The summed E-state index contributed by atoms with van der Waals surface area (Å²) < 4.78 is 0. The second-order valence-corrected chi connectivity index (χ2v) is 4.84. The molecule has 0 saturated carbocycles. The molecule has 2 amide bonds. The summed E-state index contributed by atoms with van der Waals surface area (Å²) in [7, 11) is 0. The molecule has 0 spiro atoms. The van der Waals surface area contributed by atoms with Gasteiger partial charge in [0.15, 0.2) is 0 Å². The average Bonchev–Trinajstić information content (AvgIpc) is 2.30. The van der Waals surface area contributed by atoms with Crippen LogP contribution in [0.4, 0.5) is 4.79 Å². The van der Waals surface area contributed by atoms with Gasteiger partial charge in [0.05, 0.1) is 0 Å². The van der Waals surface area contributed by atoms with Crippen LogP contribution in [0.2, 0.25) is 0 Å². The molecule has 0 rings (SSSR count). The van der Waals surface area contributed by atoms with E-state index in [4.69, 9.17) is 5.11 Å². The lowest BCUT2D eigenvalue weighted by molar-refractivity contribution is -0.138. The fourth-order valence-electron chi connectivity index (χ4n) is 1.31. The van der Waals surface area contributed by atoms with Crippen molar-refractivity contribution in [2.24, 2.45) is 0 Å². The van der Waals surface area contributed by atoms with E-state index in [9.17, 15) is 9.59 Å². The largest absolute Gasteiger partial charge is 0.480 e. The Bertz CT molecular complexity index is 249. The molecule has 0 aromatic carbocycles. The standard InChI is InChI=1S/C11H22N2O3S/c1-4-9(2)13(8-10(14)15)11(16)12-6-5-7-17-3/h9H,4-8H2,1-3H3,(H,12,16)(H,14,15). The van der Waals surface area contributed by atoms with E-state index in [0.717, 1.165) is 18.6 Å². The zero-order valence-electron chi connectivity index (χ0n) is 10.7. The maximum atomic E-state index is 11.8. The molecule has 0 radical (unpaired) electrons. The zero-order valence-corrected chi connectivity index (χ0v) is 11.5. The van der Waals surface area contributed by atoms with Crippen molar-refractivity contribution in [1.82, 2.24) is 10.2 Å². The van der Waals surface area contributed by atoms with Gasteiger partial charge in [0, 0.05) is 12.6 Å². The number of rotatable bonds is 8. The molecule has 100 valence electrons. The Morgan fingerprint density at radius 3 is 2.59 bits per heavy atom. The van der Waals surface area contributed by atoms with Crippen LogP contribution in [0.15, 0.2) is 0 Å². The first-order valence-corrected chi connectivity index (χ1v) is 7.17. The molecule has 0 aromatic rings. The number of nitrogens with zero attached hydrogens (tertiary/aromatic N) is 1. The van der Waals surface area contributed by atoms with E-state index < -0.39 is 5.97 Å². The van der Waals surface area contributed by atoms with E-state index >= 15 is 0 Å². The van der Waals surface area contributed by atoms with Crippen LogP contribution in [0.25, 0.3) is 0 Å². The van der Waals surface area contributed by atoms with Gasteiger partial charge in [0.2, 0.25) is 0 Å². The zero-order chi connectivity index (χ0) is 13.3. The van der Waals surface area contributed by atoms with Crippen LogP contribution in [-0.4, -0.2) is 53.1 Å². The van der Waals surface area contributed by atoms with Crippen molar-refractivity contribution in [3.63, 3.8) is 0 Å². The number of carbonyl (C=O) groups is 2. The molecular weight excluding hydrogens is 240 g/mol. The van der Waals surface area contributed by atoms with Gasteiger partial charge in [-0.25, -0.2) is 4.79 Å². The molecule has 0 saturated heterocycles. The summed E-state index contributed by atoms with van der Waals surface area (Å²) in [5, 5.41) is 11.5. The van der Waals surface area contributed by atoms with E-state index in [1.54, 1.807) is 11.8 Å². The summed E-state index contributed by atoms with van der Waals surface area (Å²) in [5.41, 5.74) is 0. The van der Waals surface area contributed by atoms with Gasteiger partial charge in [-0.1, -0.05) is 6.92 Å². The van der Waals surface area contributed by atoms with Gasteiger partial charge in [0.25, 0.3) is 0 Å². The third-order valence-electron chi connectivity index (χ3n) is 2.49. The van der Waals surface area contributed by atoms with Crippen LogP contribution in [0.5, 0.6) is 0 Å². The first kappa shape index (κ1) is 16.1. The van der Waals surface area contributed by atoms with E-state index in [0.29, 0.717) is 6.54 Å².